The summed E-state index contributed by atoms with van der Waals surface area (Å²) in [4.78, 5) is 13.8. The molecule has 0 atom stereocenters. The van der Waals surface area contributed by atoms with Crippen molar-refractivity contribution in [2.45, 2.75) is 20.0 Å². The molecule has 1 amide bonds. The molecule has 2 aromatic rings. The second-order valence-electron chi connectivity index (χ2n) is 4.67. The highest BCUT2D eigenvalue weighted by Crippen LogP contribution is 2.16. The summed E-state index contributed by atoms with van der Waals surface area (Å²) in [6, 6.07) is 3.16. The van der Waals surface area contributed by atoms with Crippen molar-refractivity contribution in [2.75, 3.05) is 6.54 Å². The Morgan fingerprint density at radius 1 is 1.20 bits per heavy atom. The van der Waals surface area contributed by atoms with Crippen LogP contribution >= 0.6 is 0 Å². The molecule has 0 saturated heterocycles. The number of fused-ring (bicyclic) bond motifs is 1. The molecule has 0 radical (unpaired) electrons. The molecule has 1 aliphatic rings. The van der Waals surface area contributed by atoms with E-state index in [0.29, 0.717) is 25.5 Å². The summed E-state index contributed by atoms with van der Waals surface area (Å²) in [6.07, 6.45) is 0. The summed E-state index contributed by atoms with van der Waals surface area (Å²) in [5, 5.41) is 7.96. The smallest absolute Gasteiger partial charge is 0.254 e. The van der Waals surface area contributed by atoms with Gasteiger partial charge in [0.15, 0.2) is 17.5 Å². The molecular formula is C13H12F2N4O. The predicted molar refractivity (Wildman–Crippen MR) is 65.9 cm³/mol. The number of carbonyl (C=O) groups is 1. The lowest BCUT2D eigenvalue weighted by molar-refractivity contribution is 0.0706. The van der Waals surface area contributed by atoms with Crippen LogP contribution in [0.25, 0.3) is 0 Å². The Morgan fingerprint density at radius 3 is 2.75 bits per heavy atom. The Bertz CT molecular complexity index is 683. The summed E-state index contributed by atoms with van der Waals surface area (Å²) in [5.74, 6) is -0.817. The van der Waals surface area contributed by atoms with Crippen molar-refractivity contribution in [3.8, 4) is 0 Å². The molecule has 0 saturated carbocycles. The lowest BCUT2D eigenvalue weighted by atomic mass is 10.1. The topological polar surface area (TPSA) is 51.0 Å². The first kappa shape index (κ1) is 12.7. The zero-order valence-corrected chi connectivity index (χ0v) is 10.8. The van der Waals surface area contributed by atoms with E-state index in [9.17, 15) is 13.6 Å². The van der Waals surface area contributed by atoms with Crippen LogP contribution in [0.3, 0.4) is 0 Å². The van der Waals surface area contributed by atoms with Crippen molar-refractivity contribution in [3.05, 3.63) is 47.0 Å². The van der Waals surface area contributed by atoms with Gasteiger partial charge in [-0.2, -0.15) is 0 Å². The molecule has 1 aliphatic heterocycles. The van der Waals surface area contributed by atoms with Gasteiger partial charge >= 0.3 is 0 Å². The van der Waals surface area contributed by atoms with Crippen molar-refractivity contribution in [3.63, 3.8) is 0 Å². The number of nitrogens with zero attached hydrogens (tertiary/aromatic N) is 4. The van der Waals surface area contributed by atoms with E-state index in [1.165, 1.54) is 6.07 Å². The summed E-state index contributed by atoms with van der Waals surface area (Å²) >= 11 is 0. The first-order valence-electron chi connectivity index (χ1n) is 6.19. The van der Waals surface area contributed by atoms with Gasteiger partial charge in [-0.15, -0.1) is 10.2 Å². The maximum absolute atomic E-state index is 13.2. The first-order valence-corrected chi connectivity index (χ1v) is 6.19. The minimum Gasteiger partial charge on any atom is -0.329 e. The van der Waals surface area contributed by atoms with Gasteiger partial charge in [-0.25, -0.2) is 8.78 Å². The lowest BCUT2D eigenvalue weighted by Gasteiger charge is -2.27. The second kappa shape index (κ2) is 4.66. The molecule has 0 unspecified atom stereocenters. The summed E-state index contributed by atoms with van der Waals surface area (Å²) < 4.78 is 28.0. The number of aryl methyl sites for hydroxylation is 1. The van der Waals surface area contributed by atoms with Gasteiger partial charge in [0.25, 0.3) is 5.91 Å². The number of amides is 1. The standard InChI is InChI=1S/C13H12F2N4O/c1-8-16-17-12-7-18(4-5-19(8)12)13(20)9-2-3-10(14)11(15)6-9/h2-3,6H,4-5,7H2,1H3. The van der Waals surface area contributed by atoms with E-state index in [4.69, 9.17) is 0 Å². The molecule has 2 heterocycles. The van der Waals surface area contributed by atoms with Gasteiger partial charge in [0.05, 0.1) is 6.54 Å². The van der Waals surface area contributed by atoms with Crippen LogP contribution in [-0.4, -0.2) is 32.1 Å². The average molecular weight is 278 g/mol. The molecular weight excluding hydrogens is 266 g/mol. The molecule has 20 heavy (non-hydrogen) atoms. The highest BCUT2D eigenvalue weighted by atomic mass is 19.2. The van der Waals surface area contributed by atoms with Crippen molar-refractivity contribution < 1.29 is 13.6 Å². The molecule has 0 N–H and O–H groups in total. The van der Waals surface area contributed by atoms with E-state index >= 15 is 0 Å². The monoisotopic (exact) mass is 278 g/mol. The molecule has 3 rings (SSSR count). The minimum atomic E-state index is -1.02. The van der Waals surface area contributed by atoms with Crippen molar-refractivity contribution >= 4 is 5.91 Å². The molecule has 1 aromatic heterocycles. The van der Waals surface area contributed by atoms with E-state index in [0.717, 1.165) is 18.0 Å². The summed E-state index contributed by atoms with van der Waals surface area (Å²) in [5.41, 5.74) is 0.133. The SMILES string of the molecule is Cc1nnc2n1CCN(C(=O)c1ccc(F)c(F)c1)C2. The zero-order valence-electron chi connectivity index (χ0n) is 10.8. The van der Waals surface area contributed by atoms with Crippen LogP contribution in [0.1, 0.15) is 22.0 Å². The number of hydrogen-bond acceptors (Lipinski definition) is 3. The number of rotatable bonds is 1. The Morgan fingerprint density at radius 2 is 2.00 bits per heavy atom. The van der Waals surface area contributed by atoms with Gasteiger partial charge in [0, 0.05) is 18.7 Å². The number of halogens is 2. The van der Waals surface area contributed by atoms with Gasteiger partial charge < -0.3 is 9.47 Å². The highest BCUT2D eigenvalue weighted by molar-refractivity contribution is 5.94. The van der Waals surface area contributed by atoms with Crippen molar-refractivity contribution in [2.24, 2.45) is 0 Å². The fraction of sp³-hybridized carbons (Fsp3) is 0.308. The minimum absolute atomic E-state index is 0.133. The molecule has 7 heteroatoms. The Balaban J connectivity index is 1.83. The average Bonchev–Trinajstić information content (AvgIpc) is 2.82. The molecule has 0 bridgehead atoms. The molecule has 104 valence electrons. The number of aromatic nitrogens is 3. The fourth-order valence-electron chi connectivity index (χ4n) is 2.29. The van der Waals surface area contributed by atoms with Crippen LogP contribution in [-0.2, 0) is 13.1 Å². The number of carbonyl (C=O) groups excluding carboxylic acids is 1. The third-order valence-corrected chi connectivity index (χ3v) is 3.39. The largest absolute Gasteiger partial charge is 0.329 e. The predicted octanol–water partition coefficient (Wildman–Crippen LogP) is 1.52. The Labute approximate surface area is 113 Å². The van der Waals surface area contributed by atoms with E-state index < -0.39 is 11.6 Å². The third-order valence-electron chi connectivity index (χ3n) is 3.39. The van der Waals surface area contributed by atoms with Crippen molar-refractivity contribution in [1.82, 2.24) is 19.7 Å². The van der Waals surface area contributed by atoms with Gasteiger partial charge in [-0.1, -0.05) is 0 Å². The highest BCUT2D eigenvalue weighted by Gasteiger charge is 2.24. The second-order valence-corrected chi connectivity index (χ2v) is 4.67. The quantitative estimate of drug-likeness (QED) is 0.794. The van der Waals surface area contributed by atoms with Crippen LogP contribution in [0.5, 0.6) is 0 Å². The summed E-state index contributed by atoms with van der Waals surface area (Å²) in [7, 11) is 0. The Hall–Kier alpha value is -2.31. The Kier molecular flexibility index (Phi) is 2.96. The molecule has 5 nitrogen and oxygen atoms in total. The van der Waals surface area contributed by atoms with Crippen LogP contribution in [0.2, 0.25) is 0 Å². The van der Waals surface area contributed by atoms with Crippen LogP contribution in [0.15, 0.2) is 18.2 Å². The lowest BCUT2D eigenvalue weighted by Crippen LogP contribution is -2.38. The number of hydrogen-bond donors (Lipinski definition) is 0. The third kappa shape index (κ3) is 2.04. The van der Waals surface area contributed by atoms with Gasteiger partial charge in [0.1, 0.15) is 5.82 Å². The molecule has 0 spiro atoms. The fourth-order valence-corrected chi connectivity index (χ4v) is 2.29. The maximum atomic E-state index is 13.2. The van der Waals surface area contributed by atoms with Crippen molar-refractivity contribution in [1.29, 1.82) is 0 Å². The normalized spacial score (nSPS) is 14.2. The molecule has 1 aromatic carbocycles. The molecule has 0 fully saturated rings. The van der Waals surface area contributed by atoms with Gasteiger partial charge in [-0.3, -0.25) is 4.79 Å². The first-order chi connectivity index (χ1) is 9.56. The van der Waals surface area contributed by atoms with Gasteiger partial charge in [0.2, 0.25) is 0 Å². The van der Waals surface area contributed by atoms with Crippen LogP contribution in [0, 0.1) is 18.6 Å². The number of benzene rings is 1. The van der Waals surface area contributed by atoms with Crippen LogP contribution < -0.4 is 0 Å². The maximum Gasteiger partial charge on any atom is 0.254 e. The van der Waals surface area contributed by atoms with Crippen LogP contribution in [0.4, 0.5) is 8.78 Å². The van der Waals surface area contributed by atoms with E-state index in [-0.39, 0.29) is 11.5 Å². The van der Waals surface area contributed by atoms with E-state index in [2.05, 4.69) is 10.2 Å². The summed E-state index contributed by atoms with van der Waals surface area (Å²) in [6.45, 7) is 3.26. The van der Waals surface area contributed by atoms with Gasteiger partial charge in [-0.05, 0) is 25.1 Å². The zero-order chi connectivity index (χ0) is 14.3. The van der Waals surface area contributed by atoms with E-state index in [1.54, 1.807) is 4.90 Å². The molecule has 0 aliphatic carbocycles. The van der Waals surface area contributed by atoms with E-state index in [1.807, 2.05) is 11.5 Å².